The summed E-state index contributed by atoms with van der Waals surface area (Å²) >= 11 is 8.26. The molecule has 0 N–H and O–H groups in total. The molecule has 1 heterocycles. The molecule has 1 fully saturated rings. The van der Waals surface area contributed by atoms with Crippen LogP contribution < -0.4 is 0 Å². The van der Waals surface area contributed by atoms with Crippen LogP contribution in [0.3, 0.4) is 0 Å². The summed E-state index contributed by atoms with van der Waals surface area (Å²) in [6, 6.07) is 14.9. The summed E-state index contributed by atoms with van der Waals surface area (Å²) in [5.74, 6) is 1.30. The first kappa shape index (κ1) is 10.4. The van der Waals surface area contributed by atoms with Crippen LogP contribution in [-0.4, -0.2) is 0 Å². The van der Waals surface area contributed by atoms with Gasteiger partial charge in [-0.15, -0.1) is 22.9 Å². The smallest absolute Gasteiger partial charge is 0.0712 e. The zero-order valence-corrected chi connectivity index (χ0v) is 10.4. The normalized spacial score (nSPS) is 25.3. The van der Waals surface area contributed by atoms with E-state index >= 15 is 0 Å². The van der Waals surface area contributed by atoms with E-state index in [-0.39, 0.29) is 5.38 Å². The third-order valence-corrected chi connectivity index (χ3v) is 4.90. The second-order valence-corrected chi connectivity index (χ2v) is 5.78. The highest BCUT2D eigenvalue weighted by molar-refractivity contribution is 7.10. The van der Waals surface area contributed by atoms with Crippen LogP contribution in [0.25, 0.3) is 0 Å². The van der Waals surface area contributed by atoms with E-state index in [1.807, 2.05) is 0 Å². The van der Waals surface area contributed by atoms with E-state index in [1.54, 1.807) is 11.3 Å². The van der Waals surface area contributed by atoms with Gasteiger partial charge in [0, 0.05) is 4.88 Å². The molecule has 1 saturated carbocycles. The number of halogens is 1. The number of benzene rings is 1. The lowest BCUT2D eigenvalue weighted by atomic mass is 10.1. The highest BCUT2D eigenvalue weighted by Crippen LogP contribution is 2.56. The zero-order chi connectivity index (χ0) is 11.0. The Bertz CT molecular complexity index is 449. The molecule has 1 aromatic carbocycles. The van der Waals surface area contributed by atoms with E-state index in [9.17, 15) is 0 Å². The molecular formula is C14H13ClS. The summed E-state index contributed by atoms with van der Waals surface area (Å²) < 4.78 is 0. The van der Waals surface area contributed by atoms with Crippen molar-refractivity contribution in [1.82, 2.24) is 0 Å². The molecule has 16 heavy (non-hydrogen) atoms. The summed E-state index contributed by atoms with van der Waals surface area (Å²) in [5, 5.41) is 2.30. The van der Waals surface area contributed by atoms with Gasteiger partial charge in [0.15, 0.2) is 0 Å². The van der Waals surface area contributed by atoms with Crippen molar-refractivity contribution in [1.29, 1.82) is 0 Å². The quantitative estimate of drug-likeness (QED) is 0.683. The van der Waals surface area contributed by atoms with Gasteiger partial charge in [0.05, 0.1) is 5.38 Å². The summed E-state index contributed by atoms with van der Waals surface area (Å²) in [5.41, 5.74) is 1.44. The topological polar surface area (TPSA) is 0 Å². The first-order valence-corrected chi connectivity index (χ1v) is 6.90. The molecule has 0 aliphatic heterocycles. The third kappa shape index (κ3) is 1.90. The highest BCUT2D eigenvalue weighted by Gasteiger charge is 2.43. The maximum absolute atomic E-state index is 6.50. The lowest BCUT2D eigenvalue weighted by Crippen LogP contribution is -1.91. The second kappa shape index (κ2) is 4.23. The van der Waals surface area contributed by atoms with E-state index in [4.69, 9.17) is 11.6 Å². The van der Waals surface area contributed by atoms with Crippen molar-refractivity contribution < 1.29 is 0 Å². The van der Waals surface area contributed by atoms with Crippen molar-refractivity contribution >= 4 is 22.9 Å². The van der Waals surface area contributed by atoms with Crippen LogP contribution in [0.2, 0.25) is 0 Å². The standard InChI is InChI=1S/C14H13ClS/c15-14(13-7-4-8-16-13)12-9-11(12)10-5-2-1-3-6-10/h1-8,11-12,14H,9H2. The Morgan fingerprint density at radius 3 is 2.62 bits per heavy atom. The molecule has 3 atom stereocenters. The van der Waals surface area contributed by atoms with Crippen LogP contribution in [0.5, 0.6) is 0 Å². The molecule has 2 aromatic rings. The zero-order valence-electron chi connectivity index (χ0n) is 8.84. The number of hydrogen-bond donors (Lipinski definition) is 0. The van der Waals surface area contributed by atoms with Crippen LogP contribution in [0.15, 0.2) is 47.8 Å². The minimum absolute atomic E-state index is 0.199. The molecule has 0 radical (unpaired) electrons. The fraction of sp³-hybridized carbons (Fsp3) is 0.286. The van der Waals surface area contributed by atoms with E-state index < -0.39 is 0 Å². The number of hydrogen-bond acceptors (Lipinski definition) is 1. The van der Waals surface area contributed by atoms with Crippen LogP contribution >= 0.6 is 22.9 Å². The largest absolute Gasteiger partial charge is 0.147 e. The van der Waals surface area contributed by atoms with Crippen LogP contribution in [0.1, 0.15) is 28.2 Å². The Hall–Kier alpha value is -0.790. The number of alkyl halides is 1. The van der Waals surface area contributed by atoms with Gasteiger partial charge in [0.1, 0.15) is 0 Å². The monoisotopic (exact) mass is 248 g/mol. The van der Waals surface area contributed by atoms with E-state index in [2.05, 4.69) is 47.8 Å². The SMILES string of the molecule is ClC(c1cccs1)C1CC1c1ccccc1. The maximum Gasteiger partial charge on any atom is 0.0712 e. The van der Waals surface area contributed by atoms with Crippen molar-refractivity contribution in [3.8, 4) is 0 Å². The molecule has 0 nitrogen and oxygen atoms in total. The minimum Gasteiger partial charge on any atom is -0.147 e. The summed E-state index contributed by atoms with van der Waals surface area (Å²) in [6.07, 6.45) is 1.23. The first-order valence-electron chi connectivity index (χ1n) is 5.58. The summed E-state index contributed by atoms with van der Waals surface area (Å²) in [7, 11) is 0. The lowest BCUT2D eigenvalue weighted by Gasteiger charge is -2.06. The van der Waals surface area contributed by atoms with Crippen LogP contribution in [-0.2, 0) is 0 Å². The molecule has 0 spiro atoms. The molecule has 1 aliphatic rings. The Morgan fingerprint density at radius 1 is 1.12 bits per heavy atom. The average molecular weight is 249 g/mol. The number of rotatable bonds is 3. The molecule has 3 unspecified atom stereocenters. The molecular weight excluding hydrogens is 236 g/mol. The Morgan fingerprint density at radius 2 is 1.94 bits per heavy atom. The molecule has 1 aliphatic carbocycles. The average Bonchev–Trinajstić information content (AvgIpc) is 2.95. The van der Waals surface area contributed by atoms with Gasteiger partial charge in [-0.1, -0.05) is 36.4 Å². The van der Waals surface area contributed by atoms with Crippen molar-refractivity contribution in [3.05, 3.63) is 58.3 Å². The van der Waals surface area contributed by atoms with Gasteiger partial charge in [-0.05, 0) is 35.3 Å². The van der Waals surface area contributed by atoms with Crippen molar-refractivity contribution in [3.63, 3.8) is 0 Å². The van der Waals surface area contributed by atoms with Gasteiger partial charge in [-0.3, -0.25) is 0 Å². The van der Waals surface area contributed by atoms with Gasteiger partial charge in [0.25, 0.3) is 0 Å². The highest BCUT2D eigenvalue weighted by atomic mass is 35.5. The van der Waals surface area contributed by atoms with Gasteiger partial charge in [-0.25, -0.2) is 0 Å². The molecule has 0 amide bonds. The predicted octanol–water partition coefficient (Wildman–Crippen LogP) is 4.83. The van der Waals surface area contributed by atoms with Gasteiger partial charge in [-0.2, -0.15) is 0 Å². The minimum atomic E-state index is 0.199. The first-order chi connectivity index (χ1) is 7.86. The summed E-state index contributed by atoms with van der Waals surface area (Å²) in [6.45, 7) is 0. The predicted molar refractivity (Wildman–Crippen MR) is 70.2 cm³/mol. The molecule has 3 rings (SSSR count). The van der Waals surface area contributed by atoms with Crippen molar-refractivity contribution in [2.45, 2.75) is 17.7 Å². The van der Waals surface area contributed by atoms with E-state index in [1.165, 1.54) is 16.9 Å². The van der Waals surface area contributed by atoms with E-state index in [0.29, 0.717) is 11.8 Å². The maximum atomic E-state index is 6.50. The fourth-order valence-corrected chi connectivity index (χ4v) is 3.56. The van der Waals surface area contributed by atoms with Crippen LogP contribution in [0.4, 0.5) is 0 Å². The third-order valence-electron chi connectivity index (χ3n) is 3.26. The number of thiophene rings is 1. The van der Waals surface area contributed by atoms with Crippen molar-refractivity contribution in [2.24, 2.45) is 5.92 Å². The molecule has 2 heteroatoms. The van der Waals surface area contributed by atoms with Gasteiger partial charge >= 0.3 is 0 Å². The Balaban J connectivity index is 1.73. The van der Waals surface area contributed by atoms with E-state index in [0.717, 1.165) is 0 Å². The van der Waals surface area contributed by atoms with Gasteiger partial charge in [0.2, 0.25) is 0 Å². The second-order valence-electron chi connectivity index (χ2n) is 4.33. The Labute approximate surface area is 105 Å². The molecule has 0 saturated heterocycles. The molecule has 82 valence electrons. The van der Waals surface area contributed by atoms with Crippen molar-refractivity contribution in [2.75, 3.05) is 0 Å². The Kier molecular flexibility index (Phi) is 2.74. The molecule has 0 bridgehead atoms. The molecule has 1 aromatic heterocycles. The fourth-order valence-electron chi connectivity index (χ4n) is 2.28. The van der Waals surface area contributed by atoms with Crippen LogP contribution in [0, 0.1) is 5.92 Å². The van der Waals surface area contributed by atoms with Gasteiger partial charge < -0.3 is 0 Å². The lowest BCUT2D eigenvalue weighted by molar-refractivity contribution is 0.776. The summed E-state index contributed by atoms with van der Waals surface area (Å²) in [4.78, 5) is 1.31.